The first-order valence-electron chi connectivity index (χ1n) is 12.2. The Balaban J connectivity index is 1.64. The van der Waals surface area contributed by atoms with Crippen molar-refractivity contribution in [1.82, 2.24) is 10.6 Å². The lowest BCUT2D eigenvalue weighted by molar-refractivity contribution is 0.0927. The summed E-state index contributed by atoms with van der Waals surface area (Å²) in [4.78, 5) is 27.5. The van der Waals surface area contributed by atoms with Gasteiger partial charge in [0.15, 0.2) is 5.11 Å². The first kappa shape index (κ1) is 27.1. The van der Waals surface area contributed by atoms with E-state index in [4.69, 9.17) is 17.0 Å². The van der Waals surface area contributed by atoms with E-state index in [1.54, 1.807) is 36.2 Å². The quantitative estimate of drug-likeness (QED) is 0.383. The molecular weight excluding hydrogens is 526 g/mol. The number of carbonyl (C=O) groups excluding carboxylic acids is 2. The lowest BCUT2D eigenvalue weighted by atomic mass is 9.95. The van der Waals surface area contributed by atoms with Gasteiger partial charge in [0.25, 0.3) is 11.8 Å². The number of anilines is 1. The minimum Gasteiger partial charge on any atom is -0.492 e. The number of hydrogen-bond donors (Lipinski definition) is 2. The summed E-state index contributed by atoms with van der Waals surface area (Å²) in [5.74, 6) is 0.797. The molecule has 6 nitrogen and oxygen atoms in total. The number of thiocarbonyl (C=S) groups is 1. The maximum atomic E-state index is 13.0. The molecule has 0 heterocycles. The second-order valence-electron chi connectivity index (χ2n) is 9.32. The number of amides is 2. The van der Waals surface area contributed by atoms with Crippen LogP contribution in [0.4, 0.5) is 5.69 Å². The van der Waals surface area contributed by atoms with Crippen molar-refractivity contribution in [2.24, 2.45) is 5.92 Å². The molecule has 0 aromatic heterocycles. The van der Waals surface area contributed by atoms with Gasteiger partial charge in [-0.15, -0.1) is 0 Å². The monoisotopic (exact) mass is 559 g/mol. The number of hydrogen-bond acceptors (Lipinski definition) is 4. The number of benzene rings is 2. The van der Waals surface area contributed by atoms with E-state index in [0.717, 1.165) is 32.1 Å². The van der Waals surface area contributed by atoms with Gasteiger partial charge in [0.1, 0.15) is 5.75 Å². The number of nitrogens with zero attached hydrogens (tertiary/aromatic N) is 1. The fraction of sp³-hybridized carbons (Fsp3) is 0.444. The molecule has 2 aromatic rings. The van der Waals surface area contributed by atoms with E-state index in [2.05, 4.69) is 40.4 Å². The third-order valence-corrected chi connectivity index (χ3v) is 7.12. The largest absolute Gasteiger partial charge is 0.492 e. The Morgan fingerprint density at radius 2 is 1.83 bits per heavy atom. The smallest absolute Gasteiger partial charge is 0.257 e. The maximum absolute atomic E-state index is 13.0. The van der Waals surface area contributed by atoms with Gasteiger partial charge in [0.2, 0.25) is 0 Å². The van der Waals surface area contributed by atoms with Crippen molar-refractivity contribution >= 4 is 50.8 Å². The van der Waals surface area contributed by atoms with Crippen molar-refractivity contribution in [2.75, 3.05) is 18.6 Å². The Kier molecular flexibility index (Phi) is 10.1. The van der Waals surface area contributed by atoms with Crippen LogP contribution in [0.2, 0.25) is 0 Å². The molecule has 2 N–H and O–H groups in total. The molecule has 0 spiro atoms. The number of halogens is 1. The van der Waals surface area contributed by atoms with Gasteiger partial charge in [-0.3, -0.25) is 14.9 Å². The topological polar surface area (TPSA) is 70.7 Å². The first-order valence-corrected chi connectivity index (χ1v) is 13.4. The van der Waals surface area contributed by atoms with Crippen LogP contribution in [0.15, 0.2) is 46.9 Å². The number of carbonyl (C=O) groups is 2. The SMILES string of the molecule is CC(C)CCOc1ccc(C(=O)NC(=S)N(C)c2ccccc2C(=O)NC2CCCCC2)cc1Br. The Morgan fingerprint density at radius 1 is 1.11 bits per heavy atom. The summed E-state index contributed by atoms with van der Waals surface area (Å²) in [6, 6.07) is 12.7. The highest BCUT2D eigenvalue weighted by molar-refractivity contribution is 9.10. The molecule has 1 aliphatic rings. The predicted molar refractivity (Wildman–Crippen MR) is 148 cm³/mol. The highest BCUT2D eigenvalue weighted by atomic mass is 79.9. The summed E-state index contributed by atoms with van der Waals surface area (Å²) in [6.07, 6.45) is 6.48. The zero-order chi connectivity index (χ0) is 25.4. The van der Waals surface area contributed by atoms with Gasteiger partial charge in [0, 0.05) is 18.7 Å². The van der Waals surface area contributed by atoms with E-state index in [1.807, 2.05) is 18.2 Å². The van der Waals surface area contributed by atoms with E-state index in [1.165, 1.54) is 6.42 Å². The van der Waals surface area contributed by atoms with Gasteiger partial charge in [-0.1, -0.05) is 45.2 Å². The van der Waals surface area contributed by atoms with Crippen molar-refractivity contribution in [3.63, 3.8) is 0 Å². The summed E-state index contributed by atoms with van der Waals surface area (Å²) in [6.45, 7) is 4.91. The van der Waals surface area contributed by atoms with Gasteiger partial charge >= 0.3 is 0 Å². The Hall–Kier alpha value is -2.45. The van der Waals surface area contributed by atoms with Crippen LogP contribution in [0.5, 0.6) is 5.75 Å². The van der Waals surface area contributed by atoms with Gasteiger partial charge in [-0.25, -0.2) is 0 Å². The lowest BCUT2D eigenvalue weighted by Crippen LogP contribution is -2.42. The summed E-state index contributed by atoms with van der Waals surface area (Å²) in [7, 11) is 1.75. The Bertz CT molecular complexity index is 1050. The van der Waals surface area contributed by atoms with Crippen LogP contribution in [-0.4, -0.2) is 36.6 Å². The normalized spacial score (nSPS) is 13.9. The van der Waals surface area contributed by atoms with Gasteiger partial charge in [-0.2, -0.15) is 0 Å². The van der Waals surface area contributed by atoms with Crippen LogP contribution in [-0.2, 0) is 0 Å². The van der Waals surface area contributed by atoms with Crippen molar-refractivity contribution in [3.05, 3.63) is 58.1 Å². The molecule has 2 aromatic carbocycles. The van der Waals surface area contributed by atoms with E-state index in [9.17, 15) is 9.59 Å². The number of ether oxygens (including phenoxy) is 1. The standard InChI is InChI=1S/C27H34BrN3O3S/c1-18(2)15-16-34-24-14-13-19(17-22(24)28)25(32)30-27(35)31(3)23-12-8-7-11-21(23)26(33)29-20-9-5-4-6-10-20/h7-8,11-14,17-18,20H,4-6,9-10,15-16H2,1-3H3,(H,29,33)(H,30,32,35). The molecule has 1 fully saturated rings. The summed E-state index contributed by atoms with van der Waals surface area (Å²) in [5.41, 5.74) is 1.62. The first-order chi connectivity index (χ1) is 16.8. The molecule has 0 unspecified atom stereocenters. The minimum atomic E-state index is -0.333. The van der Waals surface area contributed by atoms with Crippen LogP contribution in [0, 0.1) is 5.92 Å². The van der Waals surface area contributed by atoms with Crippen LogP contribution in [0.25, 0.3) is 0 Å². The average Bonchev–Trinajstić information content (AvgIpc) is 2.84. The maximum Gasteiger partial charge on any atom is 0.257 e. The molecule has 0 aliphatic heterocycles. The highest BCUT2D eigenvalue weighted by Crippen LogP contribution is 2.27. The zero-order valence-electron chi connectivity index (χ0n) is 20.6. The Labute approximate surface area is 221 Å². The number of rotatable bonds is 8. The average molecular weight is 561 g/mol. The molecule has 1 saturated carbocycles. The van der Waals surface area contributed by atoms with Crippen molar-refractivity contribution in [2.45, 2.75) is 58.4 Å². The van der Waals surface area contributed by atoms with Crippen LogP contribution >= 0.6 is 28.1 Å². The summed E-state index contributed by atoms with van der Waals surface area (Å²) >= 11 is 9.00. The molecule has 1 aliphatic carbocycles. The molecule has 35 heavy (non-hydrogen) atoms. The molecule has 188 valence electrons. The second kappa shape index (κ2) is 13.0. The second-order valence-corrected chi connectivity index (χ2v) is 10.6. The lowest BCUT2D eigenvalue weighted by Gasteiger charge is -2.26. The molecule has 0 atom stereocenters. The number of para-hydroxylation sites is 1. The summed E-state index contributed by atoms with van der Waals surface area (Å²) < 4.78 is 6.51. The predicted octanol–water partition coefficient (Wildman–Crippen LogP) is 6.09. The third kappa shape index (κ3) is 7.77. The Morgan fingerprint density at radius 3 is 2.51 bits per heavy atom. The molecular formula is C27H34BrN3O3S. The highest BCUT2D eigenvalue weighted by Gasteiger charge is 2.21. The number of nitrogens with one attached hydrogen (secondary N) is 2. The van der Waals surface area contributed by atoms with Crippen molar-refractivity contribution in [1.29, 1.82) is 0 Å². The molecule has 3 rings (SSSR count). The fourth-order valence-corrected chi connectivity index (χ4v) is 4.68. The van der Waals surface area contributed by atoms with Gasteiger partial charge < -0.3 is 15.0 Å². The van der Waals surface area contributed by atoms with Crippen LogP contribution in [0.1, 0.15) is 73.1 Å². The van der Waals surface area contributed by atoms with E-state index in [-0.39, 0.29) is 23.0 Å². The third-order valence-electron chi connectivity index (χ3n) is 6.12. The van der Waals surface area contributed by atoms with Gasteiger partial charge in [-0.05, 0) is 83.7 Å². The van der Waals surface area contributed by atoms with E-state index in [0.29, 0.717) is 39.6 Å². The van der Waals surface area contributed by atoms with E-state index < -0.39 is 0 Å². The molecule has 0 saturated heterocycles. The molecule has 8 heteroatoms. The van der Waals surface area contributed by atoms with Crippen molar-refractivity contribution in [3.8, 4) is 5.75 Å². The van der Waals surface area contributed by atoms with Crippen LogP contribution in [0.3, 0.4) is 0 Å². The molecule has 2 amide bonds. The van der Waals surface area contributed by atoms with Crippen molar-refractivity contribution < 1.29 is 14.3 Å². The molecule has 0 bridgehead atoms. The fourth-order valence-electron chi connectivity index (χ4n) is 3.99. The molecule has 0 radical (unpaired) electrons. The van der Waals surface area contributed by atoms with Gasteiger partial charge in [0.05, 0.1) is 22.3 Å². The minimum absolute atomic E-state index is 0.120. The summed E-state index contributed by atoms with van der Waals surface area (Å²) in [5, 5.41) is 6.14. The zero-order valence-corrected chi connectivity index (χ0v) is 23.0. The van der Waals surface area contributed by atoms with Crippen LogP contribution < -0.4 is 20.3 Å². The van der Waals surface area contributed by atoms with E-state index >= 15 is 0 Å².